The van der Waals surface area contributed by atoms with Gasteiger partial charge in [0.25, 0.3) is 5.69 Å². The van der Waals surface area contributed by atoms with Crippen LogP contribution in [0.1, 0.15) is 37.7 Å². The number of aliphatic hydroxyl groups is 1. The third kappa shape index (κ3) is 4.28. The lowest BCUT2D eigenvalue weighted by atomic mass is 10.00. The molecule has 20 heavy (non-hydrogen) atoms. The zero-order valence-electron chi connectivity index (χ0n) is 11.6. The lowest BCUT2D eigenvalue weighted by Crippen LogP contribution is -2.28. The minimum atomic E-state index is -0.369. The molecule has 0 heterocycles. The topological polar surface area (TPSA) is 75.4 Å². The molecule has 0 bridgehead atoms. The zero-order valence-corrected chi connectivity index (χ0v) is 11.6. The van der Waals surface area contributed by atoms with Gasteiger partial charge in [-0.15, -0.1) is 0 Å². The Morgan fingerprint density at radius 3 is 2.75 bits per heavy atom. The fourth-order valence-corrected chi connectivity index (χ4v) is 2.93. The first-order valence-corrected chi connectivity index (χ1v) is 7.28. The van der Waals surface area contributed by atoms with Crippen molar-refractivity contribution >= 4 is 5.69 Å². The summed E-state index contributed by atoms with van der Waals surface area (Å²) in [6.07, 6.45) is 5.48. The molecule has 0 spiro atoms. The smallest absolute Gasteiger partial charge is 0.273 e. The molecule has 1 aliphatic rings. The normalized spacial score (nSPS) is 17.2. The number of nitrogens with one attached hydrogen (secondary N) is 1. The molecule has 0 saturated heterocycles. The summed E-state index contributed by atoms with van der Waals surface area (Å²) in [6, 6.07) is 6.70. The summed E-state index contributed by atoms with van der Waals surface area (Å²) >= 11 is 0. The lowest BCUT2D eigenvalue weighted by molar-refractivity contribution is -0.385. The molecule has 2 rings (SSSR count). The average molecular weight is 278 g/mol. The van der Waals surface area contributed by atoms with Gasteiger partial charge in [0.05, 0.1) is 11.0 Å². The van der Waals surface area contributed by atoms with E-state index in [1.165, 1.54) is 31.7 Å². The summed E-state index contributed by atoms with van der Waals surface area (Å²) < 4.78 is 0. The van der Waals surface area contributed by atoms with Crippen LogP contribution in [0.5, 0.6) is 0 Å². The monoisotopic (exact) mass is 278 g/mol. The van der Waals surface area contributed by atoms with E-state index in [0.717, 1.165) is 6.42 Å². The Balaban J connectivity index is 1.76. The Morgan fingerprint density at radius 2 is 2.05 bits per heavy atom. The van der Waals surface area contributed by atoms with Crippen molar-refractivity contribution in [2.24, 2.45) is 5.92 Å². The van der Waals surface area contributed by atoms with Gasteiger partial charge in [0.1, 0.15) is 0 Å². The third-order valence-corrected chi connectivity index (χ3v) is 3.96. The molecule has 0 radical (unpaired) electrons. The second-order valence-corrected chi connectivity index (χ2v) is 5.56. The molecule has 5 heteroatoms. The Hall–Kier alpha value is -1.46. The van der Waals surface area contributed by atoms with E-state index >= 15 is 0 Å². The van der Waals surface area contributed by atoms with Crippen molar-refractivity contribution in [3.8, 4) is 0 Å². The minimum absolute atomic E-state index is 0.130. The van der Waals surface area contributed by atoms with E-state index in [0.29, 0.717) is 24.6 Å². The molecule has 1 aromatic carbocycles. The number of hydrogen-bond acceptors (Lipinski definition) is 4. The summed E-state index contributed by atoms with van der Waals surface area (Å²) in [5.74, 6) is 0.651. The number of aliphatic hydroxyl groups excluding tert-OH is 1. The van der Waals surface area contributed by atoms with Gasteiger partial charge in [0.15, 0.2) is 0 Å². The molecule has 1 atom stereocenters. The largest absolute Gasteiger partial charge is 0.392 e. The van der Waals surface area contributed by atoms with Crippen molar-refractivity contribution in [3.05, 3.63) is 39.9 Å². The number of nitro groups is 1. The summed E-state index contributed by atoms with van der Waals surface area (Å²) in [7, 11) is 0. The first-order valence-electron chi connectivity index (χ1n) is 7.28. The molecule has 1 fully saturated rings. The first-order chi connectivity index (χ1) is 9.66. The second-order valence-electron chi connectivity index (χ2n) is 5.56. The highest BCUT2D eigenvalue weighted by Crippen LogP contribution is 2.28. The summed E-state index contributed by atoms with van der Waals surface area (Å²) in [5.41, 5.74) is 0.788. The number of para-hydroxylation sites is 1. The molecule has 0 aliphatic heterocycles. The third-order valence-electron chi connectivity index (χ3n) is 3.96. The Morgan fingerprint density at radius 1 is 1.35 bits per heavy atom. The van der Waals surface area contributed by atoms with E-state index in [-0.39, 0.29) is 16.7 Å². The Labute approximate surface area is 119 Å². The number of rotatable bonds is 7. The Kier molecular flexibility index (Phi) is 5.49. The van der Waals surface area contributed by atoms with Gasteiger partial charge >= 0.3 is 0 Å². The molecular weight excluding hydrogens is 256 g/mol. The van der Waals surface area contributed by atoms with Gasteiger partial charge in [0, 0.05) is 24.7 Å². The molecule has 1 aliphatic carbocycles. The Bertz CT molecular complexity index is 444. The molecule has 0 aromatic heterocycles. The maximum absolute atomic E-state index is 10.9. The molecule has 5 nitrogen and oxygen atoms in total. The van der Waals surface area contributed by atoms with Crippen LogP contribution in [0.15, 0.2) is 24.3 Å². The SMILES string of the molecule is O=[N+]([O-])c1ccccc1CNCC(O)CC1CCCC1. The van der Waals surface area contributed by atoms with Gasteiger partial charge in [-0.25, -0.2) is 0 Å². The van der Waals surface area contributed by atoms with Crippen LogP contribution in [0.4, 0.5) is 5.69 Å². The van der Waals surface area contributed by atoms with Crippen LogP contribution in [0.25, 0.3) is 0 Å². The van der Waals surface area contributed by atoms with Gasteiger partial charge in [-0.3, -0.25) is 10.1 Å². The number of nitrogens with zero attached hydrogens (tertiary/aromatic N) is 1. The van der Waals surface area contributed by atoms with Crippen LogP contribution in [0.2, 0.25) is 0 Å². The highest BCUT2D eigenvalue weighted by atomic mass is 16.6. The number of nitro benzene ring substituents is 1. The van der Waals surface area contributed by atoms with E-state index in [1.807, 2.05) is 0 Å². The fraction of sp³-hybridized carbons (Fsp3) is 0.600. The molecule has 0 amide bonds. The first kappa shape index (κ1) is 14.9. The maximum Gasteiger partial charge on any atom is 0.273 e. The van der Waals surface area contributed by atoms with Crippen LogP contribution >= 0.6 is 0 Å². The molecule has 1 aromatic rings. The van der Waals surface area contributed by atoms with Crippen molar-refractivity contribution in [1.82, 2.24) is 5.32 Å². The van der Waals surface area contributed by atoms with Crippen LogP contribution in [0.3, 0.4) is 0 Å². The van der Waals surface area contributed by atoms with Gasteiger partial charge in [-0.1, -0.05) is 43.9 Å². The highest BCUT2D eigenvalue weighted by molar-refractivity contribution is 5.39. The summed E-state index contributed by atoms with van der Waals surface area (Å²) in [5, 5.41) is 24.0. The standard InChI is InChI=1S/C15H22N2O3/c18-14(9-12-5-1-2-6-12)11-16-10-13-7-3-4-8-15(13)17(19)20/h3-4,7-8,12,14,16,18H,1-2,5-6,9-11H2. The highest BCUT2D eigenvalue weighted by Gasteiger charge is 2.19. The maximum atomic E-state index is 10.9. The molecule has 1 unspecified atom stereocenters. The van der Waals surface area contributed by atoms with Crippen molar-refractivity contribution in [2.75, 3.05) is 6.54 Å². The summed E-state index contributed by atoms with van der Waals surface area (Å²) in [6.45, 7) is 0.904. The van der Waals surface area contributed by atoms with Gasteiger partial charge < -0.3 is 10.4 Å². The van der Waals surface area contributed by atoms with Crippen molar-refractivity contribution in [1.29, 1.82) is 0 Å². The molecular formula is C15H22N2O3. The fourth-order valence-electron chi connectivity index (χ4n) is 2.93. The minimum Gasteiger partial charge on any atom is -0.392 e. The van der Waals surface area contributed by atoms with E-state index in [2.05, 4.69) is 5.32 Å². The average Bonchev–Trinajstić information content (AvgIpc) is 2.92. The van der Waals surface area contributed by atoms with E-state index in [1.54, 1.807) is 18.2 Å². The molecule has 1 saturated carbocycles. The number of benzene rings is 1. The van der Waals surface area contributed by atoms with Crippen molar-refractivity contribution < 1.29 is 10.0 Å². The van der Waals surface area contributed by atoms with Crippen LogP contribution in [-0.2, 0) is 6.54 Å². The van der Waals surface area contributed by atoms with Gasteiger partial charge in [-0.2, -0.15) is 0 Å². The van der Waals surface area contributed by atoms with Crippen molar-refractivity contribution in [2.45, 2.75) is 44.8 Å². The van der Waals surface area contributed by atoms with E-state index < -0.39 is 0 Å². The second kappa shape index (κ2) is 7.36. The predicted molar refractivity (Wildman–Crippen MR) is 77.4 cm³/mol. The van der Waals surface area contributed by atoms with Crippen LogP contribution in [-0.4, -0.2) is 22.7 Å². The van der Waals surface area contributed by atoms with E-state index in [4.69, 9.17) is 0 Å². The van der Waals surface area contributed by atoms with E-state index in [9.17, 15) is 15.2 Å². The number of hydrogen-bond donors (Lipinski definition) is 2. The molecule has 110 valence electrons. The molecule has 2 N–H and O–H groups in total. The quantitative estimate of drug-likeness (QED) is 0.594. The van der Waals surface area contributed by atoms with Gasteiger partial charge in [0.2, 0.25) is 0 Å². The zero-order chi connectivity index (χ0) is 14.4. The van der Waals surface area contributed by atoms with Gasteiger partial charge in [-0.05, 0) is 12.3 Å². The van der Waals surface area contributed by atoms with Crippen LogP contribution in [0, 0.1) is 16.0 Å². The summed E-state index contributed by atoms with van der Waals surface area (Å²) in [4.78, 5) is 10.5. The predicted octanol–water partition coefficient (Wildman–Crippen LogP) is 2.63. The lowest BCUT2D eigenvalue weighted by Gasteiger charge is -2.16. The van der Waals surface area contributed by atoms with Crippen molar-refractivity contribution in [3.63, 3.8) is 0 Å². The van der Waals surface area contributed by atoms with Crippen LogP contribution < -0.4 is 5.32 Å².